The van der Waals surface area contributed by atoms with E-state index in [1.54, 1.807) is 25.4 Å². The van der Waals surface area contributed by atoms with Crippen LogP contribution in [0, 0.1) is 0 Å². The molecular weight excluding hydrogens is 600 g/mol. The monoisotopic (exact) mass is 634 g/mol. The van der Waals surface area contributed by atoms with E-state index in [9.17, 15) is 39.9 Å². The first-order chi connectivity index (χ1) is 22.0. The molecular formula is C33H34N2O11. The number of hydrogen-bond donors (Lipinski definition) is 6. The summed E-state index contributed by atoms with van der Waals surface area (Å²) in [5, 5.41) is 58.5. The van der Waals surface area contributed by atoms with Crippen LogP contribution in [0.5, 0.6) is 17.2 Å². The number of ether oxygens (including phenoxy) is 3. The van der Waals surface area contributed by atoms with Crippen LogP contribution < -0.4 is 10.1 Å². The largest absolute Gasteiger partial charge is 0.507 e. The number of methoxy groups -OCH3 is 1. The van der Waals surface area contributed by atoms with Gasteiger partial charge in [-0.25, -0.2) is 0 Å². The molecule has 6 N–H and O–H groups in total. The Bertz CT molecular complexity index is 1710. The fourth-order valence-electron chi connectivity index (χ4n) is 6.67. The topological polar surface area (TPSA) is 205 Å². The van der Waals surface area contributed by atoms with Crippen LogP contribution in [0.2, 0.25) is 0 Å². The molecule has 2 heterocycles. The van der Waals surface area contributed by atoms with Gasteiger partial charge in [0.25, 0.3) is 0 Å². The molecule has 46 heavy (non-hydrogen) atoms. The number of carbonyl (C=O) groups is 3. The molecule has 0 spiro atoms. The summed E-state index contributed by atoms with van der Waals surface area (Å²) in [6.45, 7) is 1.01. The first kappa shape index (κ1) is 31.7. The van der Waals surface area contributed by atoms with E-state index >= 15 is 0 Å². The summed E-state index contributed by atoms with van der Waals surface area (Å²) in [5.74, 6) is -3.76. The molecule has 0 radical (unpaired) electrons. The molecule has 0 amide bonds. The number of nitrogens with zero attached hydrogens (tertiary/aromatic N) is 1. The normalized spacial score (nSPS) is 27.0. The molecule has 1 fully saturated rings. The Kier molecular flexibility index (Phi) is 8.40. The van der Waals surface area contributed by atoms with Crippen molar-refractivity contribution in [1.82, 2.24) is 10.3 Å². The van der Waals surface area contributed by atoms with Crippen molar-refractivity contribution in [1.29, 1.82) is 0 Å². The average Bonchev–Trinajstić information content (AvgIpc) is 3.05. The first-order valence-electron chi connectivity index (χ1n) is 14.8. The molecule has 0 unspecified atom stereocenters. The second-order valence-electron chi connectivity index (χ2n) is 11.8. The van der Waals surface area contributed by atoms with E-state index in [1.807, 2.05) is 6.07 Å². The van der Waals surface area contributed by atoms with Gasteiger partial charge in [-0.05, 0) is 24.6 Å². The van der Waals surface area contributed by atoms with Crippen LogP contribution in [0.1, 0.15) is 74.4 Å². The lowest BCUT2D eigenvalue weighted by molar-refractivity contribution is -0.250. The summed E-state index contributed by atoms with van der Waals surface area (Å²) in [5.41, 5.74) is -2.74. The summed E-state index contributed by atoms with van der Waals surface area (Å²) in [6.07, 6.45) is -1.67. The number of aromatic nitrogens is 1. The van der Waals surface area contributed by atoms with E-state index in [1.165, 1.54) is 25.3 Å². The lowest BCUT2D eigenvalue weighted by Gasteiger charge is -2.43. The van der Waals surface area contributed by atoms with Crippen LogP contribution in [0.3, 0.4) is 0 Å². The highest BCUT2D eigenvalue weighted by Gasteiger charge is 2.50. The molecule has 1 aliphatic heterocycles. The fraction of sp³-hybridized carbons (Fsp3) is 0.394. The Balaban J connectivity index is 1.40. The number of rotatable bonds is 8. The zero-order valence-corrected chi connectivity index (χ0v) is 25.1. The van der Waals surface area contributed by atoms with E-state index in [2.05, 4.69) is 10.3 Å². The van der Waals surface area contributed by atoms with Crippen molar-refractivity contribution in [3.63, 3.8) is 0 Å². The maximum atomic E-state index is 13.8. The number of aliphatic hydroxyl groups excluding tert-OH is 2. The van der Waals surface area contributed by atoms with Gasteiger partial charge < -0.3 is 45.1 Å². The van der Waals surface area contributed by atoms with Crippen molar-refractivity contribution in [2.45, 2.75) is 69.0 Å². The number of hydrogen-bond acceptors (Lipinski definition) is 13. The average molecular weight is 635 g/mol. The summed E-state index contributed by atoms with van der Waals surface area (Å²) < 4.78 is 17.5. The number of Topliss-reactive ketones (excluding diaryl/α,β-unsaturated/α-hetero) is 1. The summed E-state index contributed by atoms with van der Waals surface area (Å²) in [4.78, 5) is 44.4. The number of phenolic OH excluding ortho intramolecular Hbond substituents is 2. The van der Waals surface area contributed by atoms with Gasteiger partial charge in [-0.1, -0.05) is 18.2 Å². The highest BCUT2D eigenvalue weighted by molar-refractivity contribution is 6.31. The van der Waals surface area contributed by atoms with E-state index in [4.69, 9.17) is 14.2 Å². The van der Waals surface area contributed by atoms with Crippen LogP contribution in [-0.4, -0.2) is 91.7 Å². The van der Waals surface area contributed by atoms with Crippen LogP contribution >= 0.6 is 0 Å². The van der Waals surface area contributed by atoms with Crippen molar-refractivity contribution in [3.8, 4) is 17.2 Å². The highest BCUT2D eigenvalue weighted by atomic mass is 16.7. The molecule has 13 heteroatoms. The van der Waals surface area contributed by atoms with Gasteiger partial charge in [0, 0.05) is 60.9 Å². The Labute approximate surface area is 263 Å². The predicted molar refractivity (Wildman–Crippen MR) is 159 cm³/mol. The fourth-order valence-corrected chi connectivity index (χ4v) is 6.67. The molecule has 1 aromatic heterocycles. The van der Waals surface area contributed by atoms with Gasteiger partial charge in [-0.3, -0.25) is 19.4 Å². The molecule has 6 rings (SSSR count). The standard InChI is InChI=1S/C33H34N2O11/c1-15-28(38)19(35-13-16-5-4-8-34-12-16)9-23(45-15)46-21-11-33(43,22(37)14-36)10-18-25(21)32(42)27-26(30(18)40)29(39)17-6-3-7-20(44-2)24(17)31(27)41/h3-8,12,15,19,21,23,28,35-36,38,40,42-43H,9-11,13-14H2,1-2H3/t15-,19-,21-,23-,28+,33-/m0/s1. The maximum Gasteiger partial charge on any atom is 0.202 e. The van der Waals surface area contributed by atoms with Gasteiger partial charge >= 0.3 is 0 Å². The van der Waals surface area contributed by atoms with Gasteiger partial charge in [0.05, 0.1) is 42.1 Å². The van der Waals surface area contributed by atoms with Gasteiger partial charge in [0.1, 0.15) is 29.5 Å². The Morgan fingerprint density at radius 3 is 2.57 bits per heavy atom. The number of phenols is 2. The number of fused-ring (bicyclic) bond motifs is 3. The second-order valence-corrected chi connectivity index (χ2v) is 11.8. The quantitative estimate of drug-likeness (QED) is 0.151. The summed E-state index contributed by atoms with van der Waals surface area (Å²) >= 11 is 0. The molecule has 2 aliphatic carbocycles. The van der Waals surface area contributed by atoms with E-state index in [-0.39, 0.29) is 34.4 Å². The molecule has 3 aromatic rings. The van der Waals surface area contributed by atoms with Crippen molar-refractivity contribution in [2.24, 2.45) is 0 Å². The number of aromatic hydroxyl groups is 2. The smallest absolute Gasteiger partial charge is 0.202 e. The van der Waals surface area contributed by atoms with Crippen LogP contribution in [0.25, 0.3) is 0 Å². The molecule has 2 aromatic carbocycles. The SMILES string of the molecule is COc1cccc2c1C(=O)c1c(O)c3c(c(O)c1C2=O)C[C@@](O)(C(=O)CO)C[C@@H]3O[C@H]1C[C@H](NCc2cccnc2)[C@H](O)[C@H](C)O1. The Morgan fingerprint density at radius 1 is 1.11 bits per heavy atom. The van der Waals surface area contributed by atoms with E-state index < -0.39 is 95.7 Å². The second kappa shape index (κ2) is 12.2. The maximum absolute atomic E-state index is 13.8. The molecule has 0 saturated carbocycles. The van der Waals surface area contributed by atoms with Gasteiger partial charge in [0.15, 0.2) is 17.9 Å². The number of nitrogens with one attached hydrogen (secondary N) is 1. The third-order valence-corrected chi connectivity index (χ3v) is 9.05. The molecule has 1 saturated heterocycles. The van der Waals surface area contributed by atoms with E-state index in [0.29, 0.717) is 6.54 Å². The zero-order chi connectivity index (χ0) is 32.9. The summed E-state index contributed by atoms with van der Waals surface area (Å²) in [6, 6.07) is 7.52. The van der Waals surface area contributed by atoms with Crippen molar-refractivity contribution in [3.05, 3.63) is 81.7 Å². The Hall–Kier alpha value is -4.24. The number of benzene rings is 2. The van der Waals surface area contributed by atoms with Crippen molar-refractivity contribution >= 4 is 17.3 Å². The minimum absolute atomic E-state index is 0.0511. The number of aliphatic hydroxyl groups is 3. The third kappa shape index (κ3) is 5.24. The zero-order valence-electron chi connectivity index (χ0n) is 25.1. The molecule has 3 aliphatic rings. The minimum Gasteiger partial charge on any atom is -0.507 e. The van der Waals surface area contributed by atoms with Crippen LogP contribution in [0.15, 0.2) is 42.7 Å². The number of pyridine rings is 1. The predicted octanol–water partition coefficient (Wildman–Crippen LogP) is 1.23. The van der Waals surface area contributed by atoms with Gasteiger partial charge in [-0.2, -0.15) is 0 Å². The van der Waals surface area contributed by atoms with Gasteiger partial charge in [0.2, 0.25) is 5.78 Å². The van der Waals surface area contributed by atoms with E-state index in [0.717, 1.165) is 5.56 Å². The lowest BCUT2D eigenvalue weighted by Crippen LogP contribution is -2.54. The Morgan fingerprint density at radius 2 is 1.87 bits per heavy atom. The number of carbonyl (C=O) groups excluding carboxylic acids is 3. The lowest BCUT2D eigenvalue weighted by atomic mass is 9.72. The minimum atomic E-state index is -2.26. The first-order valence-corrected chi connectivity index (χ1v) is 14.8. The van der Waals surface area contributed by atoms with Crippen LogP contribution in [-0.2, 0) is 27.2 Å². The van der Waals surface area contributed by atoms with Crippen LogP contribution in [0.4, 0.5) is 0 Å². The highest BCUT2D eigenvalue weighted by Crippen LogP contribution is 2.52. The van der Waals surface area contributed by atoms with Gasteiger partial charge in [-0.15, -0.1) is 0 Å². The molecule has 6 atom stereocenters. The molecule has 13 nitrogen and oxygen atoms in total. The molecule has 0 bridgehead atoms. The third-order valence-electron chi connectivity index (χ3n) is 9.05. The molecule has 242 valence electrons. The van der Waals surface area contributed by atoms with Crippen molar-refractivity contribution in [2.75, 3.05) is 13.7 Å². The van der Waals surface area contributed by atoms with Crippen molar-refractivity contribution < 1.29 is 54.1 Å². The number of ketones is 3. The summed E-state index contributed by atoms with van der Waals surface area (Å²) in [7, 11) is 1.33.